The highest BCUT2D eigenvalue weighted by Gasteiger charge is 2.44. The van der Waals surface area contributed by atoms with Gasteiger partial charge in [0.2, 0.25) is 5.75 Å². The summed E-state index contributed by atoms with van der Waals surface area (Å²) in [5.74, 6) is 1.56. The van der Waals surface area contributed by atoms with Crippen molar-refractivity contribution in [2.45, 2.75) is 26.3 Å². The lowest BCUT2D eigenvalue weighted by atomic mass is 9.95. The standard InChI is InChI=1S/C24H26ClN3O4/c1-13(2)10-17-20-21(27-26-17)24(29)28(22(20)15-8-6-7-9-16(15)25)14-11-18(30-3)23(32-5)19(12-14)31-4/h6-9,11-13,22H,10H2,1-5H3,(H,26,27). The van der Waals surface area contributed by atoms with Crippen LogP contribution in [0.25, 0.3) is 0 Å². The molecular weight excluding hydrogens is 430 g/mol. The van der Waals surface area contributed by atoms with Crippen molar-refractivity contribution < 1.29 is 19.0 Å². The molecule has 8 heteroatoms. The lowest BCUT2D eigenvalue weighted by Crippen LogP contribution is -2.29. The van der Waals surface area contributed by atoms with Gasteiger partial charge in [0.15, 0.2) is 11.5 Å². The van der Waals surface area contributed by atoms with E-state index in [0.717, 1.165) is 23.2 Å². The molecule has 7 nitrogen and oxygen atoms in total. The topological polar surface area (TPSA) is 76.7 Å². The summed E-state index contributed by atoms with van der Waals surface area (Å²) in [5.41, 5.74) is 3.61. The number of carbonyl (C=O) groups excluding carboxylic acids is 1. The number of halogens is 1. The van der Waals surface area contributed by atoms with Crippen molar-refractivity contribution in [3.05, 3.63) is 63.9 Å². The van der Waals surface area contributed by atoms with E-state index in [1.165, 1.54) is 0 Å². The van der Waals surface area contributed by atoms with Crippen molar-refractivity contribution in [2.24, 2.45) is 5.92 Å². The Balaban J connectivity index is 1.95. The third kappa shape index (κ3) is 3.56. The first kappa shape index (κ1) is 22.0. The van der Waals surface area contributed by atoms with E-state index in [9.17, 15) is 4.79 Å². The van der Waals surface area contributed by atoms with Crippen molar-refractivity contribution in [2.75, 3.05) is 26.2 Å². The van der Waals surface area contributed by atoms with E-state index >= 15 is 0 Å². The molecule has 1 aliphatic heterocycles. The van der Waals surface area contributed by atoms with Crippen LogP contribution in [0.5, 0.6) is 17.2 Å². The number of hydrogen-bond acceptors (Lipinski definition) is 5. The molecule has 4 rings (SSSR count). The Bertz CT molecular complexity index is 1130. The molecule has 168 valence electrons. The Morgan fingerprint density at radius 1 is 1.09 bits per heavy atom. The van der Waals surface area contributed by atoms with Gasteiger partial charge in [0.1, 0.15) is 5.69 Å². The van der Waals surface area contributed by atoms with E-state index in [2.05, 4.69) is 24.0 Å². The number of ether oxygens (including phenoxy) is 3. The molecule has 1 aliphatic rings. The van der Waals surface area contributed by atoms with Crippen LogP contribution in [0, 0.1) is 5.92 Å². The first-order valence-corrected chi connectivity index (χ1v) is 10.7. The monoisotopic (exact) mass is 455 g/mol. The molecule has 32 heavy (non-hydrogen) atoms. The van der Waals surface area contributed by atoms with E-state index in [-0.39, 0.29) is 5.91 Å². The largest absolute Gasteiger partial charge is 0.493 e. The van der Waals surface area contributed by atoms with E-state index in [1.54, 1.807) is 38.4 Å². The van der Waals surface area contributed by atoms with Crippen molar-refractivity contribution >= 4 is 23.2 Å². The zero-order valence-electron chi connectivity index (χ0n) is 18.7. The molecule has 2 aromatic carbocycles. The normalized spacial score (nSPS) is 15.3. The first-order chi connectivity index (χ1) is 15.4. The average molecular weight is 456 g/mol. The molecule has 1 atom stereocenters. The van der Waals surface area contributed by atoms with Crippen molar-refractivity contribution in [1.29, 1.82) is 0 Å². The quantitative estimate of drug-likeness (QED) is 0.540. The van der Waals surface area contributed by atoms with Gasteiger partial charge >= 0.3 is 0 Å². The maximum Gasteiger partial charge on any atom is 0.277 e. The number of carbonyl (C=O) groups is 1. The third-order valence-electron chi connectivity index (χ3n) is 5.58. The molecule has 0 bridgehead atoms. The second-order valence-corrected chi connectivity index (χ2v) is 8.45. The fraction of sp³-hybridized carbons (Fsp3) is 0.333. The Labute approximate surface area is 192 Å². The number of rotatable bonds is 7. The van der Waals surface area contributed by atoms with Gasteiger partial charge in [-0.05, 0) is 24.0 Å². The van der Waals surface area contributed by atoms with Gasteiger partial charge in [-0.2, -0.15) is 5.10 Å². The van der Waals surface area contributed by atoms with Crippen LogP contribution >= 0.6 is 11.6 Å². The lowest BCUT2D eigenvalue weighted by Gasteiger charge is -2.28. The Hall–Kier alpha value is -3.19. The predicted molar refractivity (Wildman–Crippen MR) is 123 cm³/mol. The summed E-state index contributed by atoms with van der Waals surface area (Å²) < 4.78 is 16.5. The Morgan fingerprint density at radius 2 is 1.75 bits per heavy atom. The van der Waals surface area contributed by atoms with E-state index in [4.69, 9.17) is 25.8 Å². The van der Waals surface area contributed by atoms with Gasteiger partial charge in [0.05, 0.1) is 38.8 Å². The number of fused-ring (bicyclic) bond motifs is 1. The van der Waals surface area contributed by atoms with Gasteiger partial charge < -0.3 is 14.2 Å². The van der Waals surface area contributed by atoms with Crippen LogP contribution in [-0.2, 0) is 6.42 Å². The molecular formula is C24H26ClN3O4. The minimum absolute atomic E-state index is 0.193. The summed E-state index contributed by atoms with van der Waals surface area (Å²) in [4.78, 5) is 15.4. The number of aromatic amines is 1. The number of methoxy groups -OCH3 is 3. The molecule has 3 aromatic rings. The SMILES string of the molecule is COc1cc(N2C(=O)c3[nH]nc(CC(C)C)c3C2c2ccccc2Cl)cc(OC)c1OC. The maximum atomic E-state index is 13.6. The Morgan fingerprint density at radius 3 is 2.31 bits per heavy atom. The second kappa shape index (κ2) is 8.74. The highest BCUT2D eigenvalue weighted by Crippen LogP contribution is 2.48. The number of amides is 1. The predicted octanol–water partition coefficient (Wildman–Crippen LogP) is 5.04. The van der Waals surface area contributed by atoms with Gasteiger partial charge in [-0.1, -0.05) is 43.6 Å². The number of nitrogens with zero attached hydrogens (tertiary/aromatic N) is 2. The van der Waals surface area contributed by atoms with Crippen LogP contribution in [0.4, 0.5) is 5.69 Å². The number of H-pyrrole nitrogens is 1. The highest BCUT2D eigenvalue weighted by atomic mass is 35.5. The van der Waals surface area contributed by atoms with Crippen LogP contribution < -0.4 is 19.1 Å². The number of benzene rings is 2. The zero-order valence-corrected chi connectivity index (χ0v) is 19.5. The van der Waals surface area contributed by atoms with Crippen LogP contribution in [-0.4, -0.2) is 37.4 Å². The molecule has 2 heterocycles. The molecule has 0 radical (unpaired) electrons. The fourth-order valence-electron chi connectivity index (χ4n) is 4.22. The molecule has 1 unspecified atom stereocenters. The molecule has 1 amide bonds. The summed E-state index contributed by atoms with van der Waals surface area (Å²) in [6.45, 7) is 4.25. The molecule has 0 saturated heterocycles. The zero-order chi connectivity index (χ0) is 23.0. The van der Waals surface area contributed by atoms with Gasteiger partial charge in [0.25, 0.3) is 5.91 Å². The van der Waals surface area contributed by atoms with Crippen molar-refractivity contribution in [1.82, 2.24) is 10.2 Å². The van der Waals surface area contributed by atoms with Crippen LogP contribution in [0.1, 0.15) is 47.2 Å². The summed E-state index contributed by atoms with van der Waals surface area (Å²) >= 11 is 6.62. The van der Waals surface area contributed by atoms with Gasteiger partial charge in [0, 0.05) is 22.7 Å². The molecule has 0 saturated carbocycles. The molecule has 0 spiro atoms. The van der Waals surface area contributed by atoms with Gasteiger partial charge in [-0.15, -0.1) is 0 Å². The average Bonchev–Trinajstić information content (AvgIpc) is 3.31. The van der Waals surface area contributed by atoms with E-state index in [0.29, 0.717) is 39.6 Å². The van der Waals surface area contributed by atoms with Crippen molar-refractivity contribution in [3.63, 3.8) is 0 Å². The smallest absolute Gasteiger partial charge is 0.277 e. The molecule has 1 aromatic heterocycles. The minimum Gasteiger partial charge on any atom is -0.493 e. The fourth-order valence-corrected chi connectivity index (χ4v) is 4.46. The minimum atomic E-state index is -0.443. The summed E-state index contributed by atoms with van der Waals surface area (Å²) in [7, 11) is 4.64. The summed E-state index contributed by atoms with van der Waals surface area (Å²) in [5, 5.41) is 8.02. The molecule has 0 aliphatic carbocycles. The lowest BCUT2D eigenvalue weighted by molar-refractivity contribution is 0.0988. The molecule has 0 fully saturated rings. The molecule has 1 N–H and O–H groups in total. The van der Waals surface area contributed by atoms with Crippen LogP contribution in [0.3, 0.4) is 0 Å². The van der Waals surface area contributed by atoms with Crippen LogP contribution in [0.15, 0.2) is 36.4 Å². The van der Waals surface area contributed by atoms with Crippen LogP contribution in [0.2, 0.25) is 5.02 Å². The summed E-state index contributed by atoms with van der Waals surface area (Å²) in [6, 6.07) is 10.6. The van der Waals surface area contributed by atoms with Crippen molar-refractivity contribution in [3.8, 4) is 17.2 Å². The number of anilines is 1. The van der Waals surface area contributed by atoms with E-state index in [1.807, 2.05) is 24.3 Å². The maximum absolute atomic E-state index is 13.6. The third-order valence-corrected chi connectivity index (χ3v) is 5.92. The number of aromatic nitrogens is 2. The van der Waals surface area contributed by atoms with Gasteiger partial charge in [-0.3, -0.25) is 14.8 Å². The highest BCUT2D eigenvalue weighted by molar-refractivity contribution is 6.31. The van der Waals surface area contributed by atoms with Gasteiger partial charge in [-0.25, -0.2) is 0 Å². The first-order valence-electron chi connectivity index (χ1n) is 10.4. The van der Waals surface area contributed by atoms with E-state index < -0.39 is 6.04 Å². The number of nitrogens with one attached hydrogen (secondary N) is 1. The number of hydrogen-bond donors (Lipinski definition) is 1. The second-order valence-electron chi connectivity index (χ2n) is 8.04. The Kier molecular flexibility index (Phi) is 6.02. The summed E-state index contributed by atoms with van der Waals surface area (Å²) in [6.07, 6.45) is 0.739.